The van der Waals surface area contributed by atoms with Crippen LogP contribution in [-0.2, 0) is 10.8 Å². The van der Waals surface area contributed by atoms with Gasteiger partial charge in [0.25, 0.3) is 5.78 Å². The lowest BCUT2D eigenvalue weighted by Gasteiger charge is -2.13. The third-order valence-corrected chi connectivity index (χ3v) is 4.15. The molecule has 27 heavy (non-hydrogen) atoms. The first-order chi connectivity index (χ1) is 12.5. The van der Waals surface area contributed by atoms with Crippen molar-refractivity contribution in [2.24, 2.45) is 0 Å². The Morgan fingerprint density at radius 2 is 1.63 bits per heavy atom. The van der Waals surface area contributed by atoms with Crippen molar-refractivity contribution in [1.82, 2.24) is 29.0 Å². The molecule has 0 aromatic carbocycles. The molecule has 0 aliphatic heterocycles. The van der Waals surface area contributed by atoms with Crippen LogP contribution in [-0.4, -0.2) is 29.0 Å². The first-order valence-electron chi connectivity index (χ1n) is 9.18. The maximum Gasteiger partial charge on any atom is 0.252 e. The minimum atomic E-state index is -0.0201. The standard InChI is InChI=1S/C12H16N2.C9H12N4/c1-9-5-6-11-13-10(12(2,3)4)8-14(11)7-9;1-9(2,3)7-11-8-10-5-4-6-13(8)12-7/h5-8H,1-4H3;4-6H,1-3H3. The molecule has 0 N–H and O–H groups in total. The predicted octanol–water partition coefficient (Wildman–Crippen LogP) is 4.36. The Bertz CT molecular complexity index is 1030. The molecule has 0 fully saturated rings. The van der Waals surface area contributed by atoms with Crippen LogP contribution < -0.4 is 0 Å². The molecule has 0 unspecified atom stereocenters. The summed E-state index contributed by atoms with van der Waals surface area (Å²) in [5.74, 6) is 1.48. The van der Waals surface area contributed by atoms with Crippen molar-refractivity contribution in [3.63, 3.8) is 0 Å². The van der Waals surface area contributed by atoms with Crippen LogP contribution in [0.2, 0.25) is 0 Å². The largest absolute Gasteiger partial charge is 0.307 e. The number of aromatic nitrogens is 6. The molecule has 0 saturated carbocycles. The number of pyridine rings is 1. The Kier molecular flexibility index (Phi) is 4.76. The van der Waals surface area contributed by atoms with Gasteiger partial charge < -0.3 is 4.40 Å². The van der Waals surface area contributed by atoms with Crippen LogP contribution in [0.3, 0.4) is 0 Å². The van der Waals surface area contributed by atoms with Crippen LogP contribution in [0, 0.1) is 6.92 Å². The zero-order valence-corrected chi connectivity index (χ0v) is 17.2. The topological polar surface area (TPSA) is 60.4 Å². The summed E-state index contributed by atoms with van der Waals surface area (Å²) in [5, 5.41) is 4.33. The van der Waals surface area contributed by atoms with E-state index in [4.69, 9.17) is 0 Å². The second-order valence-corrected chi connectivity index (χ2v) is 8.90. The average Bonchev–Trinajstić information content (AvgIpc) is 3.18. The highest BCUT2D eigenvalue weighted by Crippen LogP contribution is 2.21. The average molecular weight is 364 g/mol. The quantitative estimate of drug-likeness (QED) is 0.465. The van der Waals surface area contributed by atoms with Gasteiger partial charge in [0.05, 0.1) is 5.69 Å². The lowest BCUT2D eigenvalue weighted by Crippen LogP contribution is -2.13. The van der Waals surface area contributed by atoms with Gasteiger partial charge >= 0.3 is 0 Å². The minimum absolute atomic E-state index is 0.0201. The summed E-state index contributed by atoms with van der Waals surface area (Å²) in [6, 6.07) is 5.99. The van der Waals surface area contributed by atoms with Crippen molar-refractivity contribution in [2.45, 2.75) is 59.3 Å². The number of hydrogen-bond acceptors (Lipinski definition) is 4. The molecule has 0 spiro atoms. The van der Waals surface area contributed by atoms with Gasteiger partial charge in [-0.1, -0.05) is 47.6 Å². The number of aryl methyl sites for hydroxylation is 1. The molecular formula is C21H28N6. The molecule has 4 aromatic heterocycles. The maximum atomic E-state index is 4.59. The van der Waals surface area contributed by atoms with E-state index >= 15 is 0 Å². The monoisotopic (exact) mass is 364 g/mol. The number of imidazole rings is 1. The van der Waals surface area contributed by atoms with E-state index < -0.39 is 0 Å². The minimum Gasteiger partial charge on any atom is -0.307 e. The van der Waals surface area contributed by atoms with Crippen LogP contribution in [0.4, 0.5) is 0 Å². The van der Waals surface area contributed by atoms with Crippen LogP contribution in [0.25, 0.3) is 11.4 Å². The fraction of sp³-hybridized carbons (Fsp3) is 0.429. The van der Waals surface area contributed by atoms with Gasteiger partial charge in [-0.2, -0.15) is 4.98 Å². The van der Waals surface area contributed by atoms with Crippen molar-refractivity contribution in [2.75, 3.05) is 0 Å². The van der Waals surface area contributed by atoms with E-state index in [1.54, 1.807) is 10.7 Å². The Balaban J connectivity index is 0.000000156. The SMILES string of the molecule is CC(C)(C)c1nc2ncccn2n1.Cc1ccc2nc(C(C)(C)C)cn2c1. The fourth-order valence-corrected chi connectivity index (χ4v) is 2.51. The Morgan fingerprint density at radius 3 is 2.26 bits per heavy atom. The number of nitrogens with zero attached hydrogens (tertiary/aromatic N) is 6. The number of fused-ring (bicyclic) bond motifs is 2. The molecule has 142 valence electrons. The highest BCUT2D eigenvalue weighted by molar-refractivity contribution is 5.42. The molecule has 0 amide bonds. The third-order valence-electron chi connectivity index (χ3n) is 4.15. The molecule has 0 atom stereocenters. The predicted molar refractivity (Wildman–Crippen MR) is 108 cm³/mol. The van der Waals surface area contributed by atoms with Gasteiger partial charge in [0.15, 0.2) is 5.82 Å². The number of hydrogen-bond donors (Lipinski definition) is 0. The third kappa shape index (κ3) is 4.32. The van der Waals surface area contributed by atoms with Gasteiger partial charge in [-0.3, -0.25) is 0 Å². The van der Waals surface area contributed by atoms with Gasteiger partial charge in [0.2, 0.25) is 0 Å². The van der Waals surface area contributed by atoms with E-state index in [1.165, 1.54) is 5.56 Å². The summed E-state index contributed by atoms with van der Waals surface area (Å²) < 4.78 is 3.79. The molecule has 0 saturated heterocycles. The van der Waals surface area contributed by atoms with E-state index in [9.17, 15) is 0 Å². The molecule has 4 aromatic rings. The van der Waals surface area contributed by atoms with Gasteiger partial charge in [-0.15, -0.1) is 5.10 Å². The molecule has 0 aliphatic rings. The first kappa shape index (κ1) is 19.0. The molecular weight excluding hydrogens is 336 g/mol. The zero-order chi connectivity index (χ0) is 19.8. The van der Waals surface area contributed by atoms with Gasteiger partial charge in [-0.25, -0.2) is 14.5 Å². The van der Waals surface area contributed by atoms with E-state index in [1.807, 2.05) is 12.3 Å². The maximum absolute atomic E-state index is 4.59. The first-order valence-corrected chi connectivity index (χ1v) is 9.18. The van der Waals surface area contributed by atoms with E-state index in [0.29, 0.717) is 5.78 Å². The van der Waals surface area contributed by atoms with Crippen molar-refractivity contribution >= 4 is 11.4 Å². The molecule has 0 radical (unpaired) electrons. The molecule has 6 heteroatoms. The fourth-order valence-electron chi connectivity index (χ4n) is 2.51. The summed E-state index contributed by atoms with van der Waals surface area (Å²) in [6.45, 7) is 14.9. The van der Waals surface area contributed by atoms with Gasteiger partial charge in [-0.05, 0) is 24.6 Å². The van der Waals surface area contributed by atoms with Crippen LogP contribution in [0.15, 0.2) is 43.0 Å². The van der Waals surface area contributed by atoms with Gasteiger partial charge in [0, 0.05) is 35.6 Å². The highest BCUT2D eigenvalue weighted by Gasteiger charge is 2.19. The summed E-state index contributed by atoms with van der Waals surface area (Å²) in [6.07, 6.45) is 7.79. The number of rotatable bonds is 0. The van der Waals surface area contributed by atoms with Crippen LogP contribution >= 0.6 is 0 Å². The summed E-state index contributed by atoms with van der Waals surface area (Å²) in [7, 11) is 0. The normalized spacial score (nSPS) is 12.3. The summed E-state index contributed by atoms with van der Waals surface area (Å²) in [5.41, 5.74) is 3.53. The summed E-state index contributed by atoms with van der Waals surface area (Å²) in [4.78, 5) is 13.0. The molecule has 0 aliphatic carbocycles. The second-order valence-electron chi connectivity index (χ2n) is 8.90. The van der Waals surface area contributed by atoms with E-state index in [2.05, 4.69) is 97.4 Å². The second kappa shape index (κ2) is 6.76. The molecule has 0 bridgehead atoms. The van der Waals surface area contributed by atoms with Gasteiger partial charge in [0.1, 0.15) is 5.65 Å². The van der Waals surface area contributed by atoms with Crippen molar-refractivity contribution < 1.29 is 0 Å². The molecule has 6 nitrogen and oxygen atoms in total. The molecule has 4 rings (SSSR count). The van der Waals surface area contributed by atoms with Crippen LogP contribution in [0.5, 0.6) is 0 Å². The smallest absolute Gasteiger partial charge is 0.252 e. The van der Waals surface area contributed by atoms with Crippen molar-refractivity contribution in [1.29, 1.82) is 0 Å². The zero-order valence-electron chi connectivity index (χ0n) is 17.2. The Hall–Kier alpha value is -2.76. The van der Waals surface area contributed by atoms with E-state index in [0.717, 1.165) is 17.2 Å². The van der Waals surface area contributed by atoms with Crippen molar-refractivity contribution in [3.8, 4) is 0 Å². The highest BCUT2D eigenvalue weighted by atomic mass is 15.3. The summed E-state index contributed by atoms with van der Waals surface area (Å²) >= 11 is 0. The lowest BCUT2D eigenvalue weighted by molar-refractivity contribution is 0.545. The Morgan fingerprint density at radius 1 is 0.889 bits per heavy atom. The van der Waals surface area contributed by atoms with Crippen molar-refractivity contribution in [3.05, 3.63) is 60.1 Å². The Labute approximate surface area is 160 Å². The molecule has 4 heterocycles. The van der Waals surface area contributed by atoms with Crippen LogP contribution in [0.1, 0.15) is 58.6 Å². The lowest BCUT2D eigenvalue weighted by atomic mass is 9.93. The van der Waals surface area contributed by atoms with E-state index in [-0.39, 0.29) is 10.8 Å².